The van der Waals surface area contributed by atoms with Crippen LogP contribution >= 0.6 is 43.2 Å². The quantitative estimate of drug-likeness (QED) is 0.466. The van der Waals surface area contributed by atoms with Gasteiger partial charge in [-0.2, -0.15) is 0 Å². The van der Waals surface area contributed by atoms with E-state index in [1.165, 1.54) is 40.7 Å². The third-order valence-electron chi connectivity index (χ3n) is 6.20. The number of halogens is 2. The highest BCUT2D eigenvalue weighted by molar-refractivity contribution is 9.13. The second-order valence-corrected chi connectivity index (χ2v) is 10.5. The molecule has 0 bridgehead atoms. The van der Waals surface area contributed by atoms with Crippen LogP contribution in [0.3, 0.4) is 0 Å². The number of pyridine rings is 1. The van der Waals surface area contributed by atoms with E-state index >= 15 is 0 Å². The van der Waals surface area contributed by atoms with Gasteiger partial charge in [-0.15, -0.1) is 11.3 Å². The third kappa shape index (κ3) is 4.35. The van der Waals surface area contributed by atoms with Gasteiger partial charge in [0, 0.05) is 49.7 Å². The van der Waals surface area contributed by atoms with Crippen LogP contribution < -0.4 is 5.32 Å². The van der Waals surface area contributed by atoms with Gasteiger partial charge in [0.05, 0.1) is 5.60 Å². The minimum atomic E-state index is 0.0947. The monoisotopic (exact) mass is 512 g/mol. The van der Waals surface area contributed by atoms with E-state index in [1.54, 1.807) is 11.3 Å². The first-order valence-corrected chi connectivity index (χ1v) is 12.3. The summed E-state index contributed by atoms with van der Waals surface area (Å²) in [4.78, 5) is 6.13. The van der Waals surface area contributed by atoms with Gasteiger partial charge in [-0.05, 0) is 82.6 Å². The van der Waals surface area contributed by atoms with Crippen molar-refractivity contribution in [3.05, 3.63) is 49.3 Å². The molecule has 1 aliphatic heterocycles. The maximum absolute atomic E-state index is 6.34. The van der Waals surface area contributed by atoms with Gasteiger partial charge in [0.2, 0.25) is 0 Å². The van der Waals surface area contributed by atoms with E-state index < -0.39 is 0 Å². The van der Waals surface area contributed by atoms with Crippen LogP contribution in [0.4, 0.5) is 0 Å². The average Bonchev–Trinajstić information content (AvgIpc) is 3.27. The Hall–Kier alpha value is -0.270. The van der Waals surface area contributed by atoms with Crippen molar-refractivity contribution in [2.75, 3.05) is 13.2 Å². The first-order chi connectivity index (χ1) is 13.1. The SMILES string of the molecule is Brc1csc(CNCC[C@@]2(c3ccccn3)CCOC3(CCCC3)C2)c1Br. The van der Waals surface area contributed by atoms with Gasteiger partial charge < -0.3 is 10.1 Å². The molecule has 2 aliphatic rings. The van der Waals surface area contributed by atoms with Crippen LogP contribution in [0.2, 0.25) is 0 Å². The molecule has 146 valence electrons. The molecule has 0 radical (unpaired) electrons. The smallest absolute Gasteiger partial charge is 0.0691 e. The van der Waals surface area contributed by atoms with Gasteiger partial charge >= 0.3 is 0 Å². The number of hydrogen-bond donors (Lipinski definition) is 1. The molecule has 3 heterocycles. The lowest BCUT2D eigenvalue weighted by Crippen LogP contribution is -2.47. The Morgan fingerprint density at radius 1 is 1.19 bits per heavy atom. The minimum Gasteiger partial charge on any atom is -0.375 e. The first-order valence-electron chi connectivity index (χ1n) is 9.80. The topological polar surface area (TPSA) is 34.2 Å². The fourth-order valence-corrected chi connectivity index (χ4v) is 6.90. The molecule has 1 aliphatic carbocycles. The summed E-state index contributed by atoms with van der Waals surface area (Å²) >= 11 is 9.02. The van der Waals surface area contributed by atoms with Crippen molar-refractivity contribution in [2.45, 2.75) is 62.5 Å². The molecule has 0 aromatic carbocycles. The predicted octanol–water partition coefficient (Wildman–Crippen LogP) is 6.21. The Kier molecular flexibility index (Phi) is 6.39. The van der Waals surface area contributed by atoms with Crippen LogP contribution in [0.25, 0.3) is 0 Å². The molecule has 0 amide bonds. The Balaban J connectivity index is 1.46. The lowest BCUT2D eigenvalue weighted by molar-refractivity contribution is -0.104. The van der Waals surface area contributed by atoms with E-state index in [0.29, 0.717) is 0 Å². The lowest BCUT2D eigenvalue weighted by atomic mass is 9.68. The number of thiophene rings is 1. The van der Waals surface area contributed by atoms with Crippen molar-refractivity contribution in [1.82, 2.24) is 10.3 Å². The summed E-state index contributed by atoms with van der Waals surface area (Å²) in [5, 5.41) is 5.81. The fraction of sp³-hybridized carbons (Fsp3) is 0.571. The third-order valence-corrected chi connectivity index (χ3v) is 9.81. The summed E-state index contributed by atoms with van der Waals surface area (Å²) in [6.07, 6.45) is 10.3. The molecule has 2 aromatic rings. The summed E-state index contributed by atoms with van der Waals surface area (Å²) in [5.41, 5.74) is 1.48. The van der Waals surface area contributed by atoms with Gasteiger partial charge in [-0.3, -0.25) is 4.98 Å². The summed E-state index contributed by atoms with van der Waals surface area (Å²) in [6.45, 7) is 2.76. The molecule has 27 heavy (non-hydrogen) atoms. The number of aromatic nitrogens is 1. The maximum Gasteiger partial charge on any atom is 0.0691 e. The number of nitrogens with one attached hydrogen (secondary N) is 1. The Morgan fingerprint density at radius 3 is 2.74 bits per heavy atom. The van der Waals surface area contributed by atoms with Crippen molar-refractivity contribution >= 4 is 43.2 Å². The largest absolute Gasteiger partial charge is 0.375 e. The number of ether oxygens (including phenoxy) is 1. The molecular weight excluding hydrogens is 488 g/mol. The van der Waals surface area contributed by atoms with Crippen LogP contribution in [-0.2, 0) is 16.7 Å². The fourth-order valence-electron chi connectivity index (χ4n) is 4.80. The first kappa shape index (κ1) is 20.0. The standard InChI is InChI=1S/C21H26Br2N2OS/c22-16-14-27-17(19(16)23)13-24-11-8-20(18-5-1-4-10-25-18)9-12-26-21(15-20)6-2-3-7-21/h1,4-5,10,14,24H,2-3,6-9,11-13,15H2/t20-/m1/s1. The molecule has 1 saturated carbocycles. The molecule has 2 fully saturated rings. The van der Waals surface area contributed by atoms with Crippen LogP contribution in [0.15, 0.2) is 38.7 Å². The maximum atomic E-state index is 6.34. The van der Waals surface area contributed by atoms with Crippen molar-refractivity contribution in [2.24, 2.45) is 0 Å². The van der Waals surface area contributed by atoms with E-state index in [-0.39, 0.29) is 11.0 Å². The van der Waals surface area contributed by atoms with Gasteiger partial charge in [-0.25, -0.2) is 0 Å². The summed E-state index contributed by atoms with van der Waals surface area (Å²) < 4.78 is 8.66. The molecule has 1 saturated heterocycles. The van der Waals surface area contributed by atoms with Crippen LogP contribution in [-0.4, -0.2) is 23.7 Å². The van der Waals surface area contributed by atoms with Gasteiger partial charge in [0.1, 0.15) is 0 Å². The van der Waals surface area contributed by atoms with Crippen LogP contribution in [0.5, 0.6) is 0 Å². The second kappa shape index (κ2) is 8.62. The Labute approximate surface area is 182 Å². The molecule has 3 nitrogen and oxygen atoms in total. The number of rotatable bonds is 6. The molecule has 1 N–H and O–H groups in total. The van der Waals surface area contributed by atoms with Crippen LogP contribution in [0, 0.1) is 0 Å². The van der Waals surface area contributed by atoms with Gasteiger partial charge in [-0.1, -0.05) is 18.9 Å². The van der Waals surface area contributed by atoms with E-state index in [2.05, 4.69) is 54.7 Å². The zero-order chi connectivity index (χ0) is 18.7. The minimum absolute atomic E-state index is 0.0947. The van der Waals surface area contributed by atoms with E-state index in [4.69, 9.17) is 9.72 Å². The molecule has 6 heteroatoms. The van der Waals surface area contributed by atoms with Crippen molar-refractivity contribution in [3.63, 3.8) is 0 Å². The molecule has 0 unspecified atom stereocenters. The Morgan fingerprint density at radius 2 is 2.04 bits per heavy atom. The predicted molar refractivity (Wildman–Crippen MR) is 118 cm³/mol. The summed E-state index contributed by atoms with van der Waals surface area (Å²) in [7, 11) is 0. The summed E-state index contributed by atoms with van der Waals surface area (Å²) in [6, 6.07) is 6.38. The molecule has 2 aromatic heterocycles. The van der Waals surface area contributed by atoms with E-state index in [9.17, 15) is 0 Å². The number of nitrogens with zero attached hydrogens (tertiary/aromatic N) is 1. The molecule has 4 rings (SSSR count). The number of hydrogen-bond acceptors (Lipinski definition) is 4. The van der Waals surface area contributed by atoms with Crippen molar-refractivity contribution in [3.8, 4) is 0 Å². The summed E-state index contributed by atoms with van der Waals surface area (Å²) in [5.74, 6) is 0. The zero-order valence-corrected chi connectivity index (χ0v) is 19.5. The Bertz CT molecular complexity index is 761. The normalized spacial score (nSPS) is 24.5. The van der Waals surface area contributed by atoms with Crippen molar-refractivity contribution < 1.29 is 4.74 Å². The molecular formula is C21H26Br2N2OS. The van der Waals surface area contributed by atoms with Gasteiger partial charge in [0.25, 0.3) is 0 Å². The van der Waals surface area contributed by atoms with Crippen molar-refractivity contribution in [1.29, 1.82) is 0 Å². The lowest BCUT2D eigenvalue weighted by Gasteiger charge is -2.46. The van der Waals surface area contributed by atoms with E-state index in [0.717, 1.165) is 43.4 Å². The highest BCUT2D eigenvalue weighted by atomic mass is 79.9. The highest BCUT2D eigenvalue weighted by Crippen LogP contribution is 2.49. The second-order valence-electron chi connectivity index (χ2n) is 7.91. The van der Waals surface area contributed by atoms with E-state index in [1.807, 2.05) is 12.3 Å². The molecule has 1 atom stereocenters. The van der Waals surface area contributed by atoms with Crippen LogP contribution in [0.1, 0.15) is 55.5 Å². The van der Waals surface area contributed by atoms with Gasteiger partial charge in [0.15, 0.2) is 0 Å². The zero-order valence-electron chi connectivity index (χ0n) is 15.5. The highest BCUT2D eigenvalue weighted by Gasteiger charge is 2.48. The average molecular weight is 514 g/mol. The molecule has 1 spiro atoms.